The zero-order chi connectivity index (χ0) is 38.6. The van der Waals surface area contributed by atoms with Gasteiger partial charge < -0.3 is 19.5 Å². The van der Waals surface area contributed by atoms with E-state index in [9.17, 15) is 13.2 Å². The molecular formula is C40H49N7O6S. The normalized spacial score (nSPS) is 16.3. The van der Waals surface area contributed by atoms with Crippen molar-refractivity contribution in [1.29, 1.82) is 0 Å². The average Bonchev–Trinajstić information content (AvgIpc) is 3.55. The topological polar surface area (TPSA) is 151 Å². The zero-order valence-corrected chi connectivity index (χ0v) is 32.8. The van der Waals surface area contributed by atoms with E-state index < -0.39 is 21.5 Å². The lowest BCUT2D eigenvalue weighted by atomic mass is 9.74. The number of sulfonamides is 1. The Morgan fingerprint density at radius 1 is 1.04 bits per heavy atom. The number of carbonyl (C=O) groups is 1. The van der Waals surface area contributed by atoms with Crippen molar-refractivity contribution in [3.63, 3.8) is 0 Å². The summed E-state index contributed by atoms with van der Waals surface area (Å²) in [7, 11) is -3.87. The van der Waals surface area contributed by atoms with Crippen LogP contribution >= 0.6 is 0 Å². The SMILES string of the molecule is CCOCCOc1ncc(C(=O)NC(C)(C)[C@@H](c2ccc(C)c(CN3C[C@@H](CC)Oc4ccccc4S3(=O)=O)c2)c2ccc3c(nnn3CC)c2C)cn1. The third-order valence-corrected chi connectivity index (χ3v) is 11.8. The van der Waals surface area contributed by atoms with Gasteiger partial charge in [0.05, 0.1) is 24.2 Å². The van der Waals surface area contributed by atoms with Gasteiger partial charge in [-0.3, -0.25) is 4.79 Å². The van der Waals surface area contributed by atoms with Crippen LogP contribution in [0.5, 0.6) is 11.8 Å². The molecule has 54 heavy (non-hydrogen) atoms. The molecule has 1 aliphatic heterocycles. The fraction of sp³-hybridized carbons (Fsp3) is 0.425. The number of hydrogen-bond acceptors (Lipinski definition) is 10. The number of nitrogens with one attached hydrogen (secondary N) is 1. The fourth-order valence-electron chi connectivity index (χ4n) is 7.03. The smallest absolute Gasteiger partial charge is 0.316 e. The second kappa shape index (κ2) is 16.2. The van der Waals surface area contributed by atoms with E-state index in [0.29, 0.717) is 38.5 Å². The fourth-order valence-corrected chi connectivity index (χ4v) is 8.60. The van der Waals surface area contributed by atoms with Crippen LogP contribution in [0.1, 0.15) is 85.1 Å². The third kappa shape index (κ3) is 7.96. The summed E-state index contributed by atoms with van der Waals surface area (Å²) in [6, 6.07) is 17.2. The summed E-state index contributed by atoms with van der Waals surface area (Å²) in [6.07, 6.45) is 3.23. The van der Waals surface area contributed by atoms with Crippen LogP contribution in [0.25, 0.3) is 11.0 Å². The van der Waals surface area contributed by atoms with Crippen molar-refractivity contribution in [3.05, 3.63) is 100 Å². The van der Waals surface area contributed by atoms with Crippen molar-refractivity contribution in [2.45, 2.75) is 90.4 Å². The number of fused-ring (bicyclic) bond motifs is 2. The van der Waals surface area contributed by atoms with E-state index in [1.165, 1.54) is 16.7 Å². The molecule has 14 heteroatoms. The summed E-state index contributed by atoms with van der Waals surface area (Å²) in [5.74, 6) is -0.379. The van der Waals surface area contributed by atoms with Crippen molar-refractivity contribution in [2.24, 2.45) is 0 Å². The molecule has 0 spiro atoms. The monoisotopic (exact) mass is 755 g/mol. The number of carbonyl (C=O) groups excluding carboxylic acids is 1. The van der Waals surface area contributed by atoms with E-state index in [0.717, 1.165) is 38.9 Å². The Bertz CT molecular complexity index is 2220. The largest absolute Gasteiger partial charge is 0.488 e. The van der Waals surface area contributed by atoms with Crippen LogP contribution in [0.3, 0.4) is 0 Å². The first-order valence-corrected chi connectivity index (χ1v) is 19.8. The van der Waals surface area contributed by atoms with Crippen molar-refractivity contribution in [2.75, 3.05) is 26.4 Å². The first-order valence-electron chi connectivity index (χ1n) is 18.4. The van der Waals surface area contributed by atoms with E-state index >= 15 is 0 Å². The number of rotatable bonds is 14. The maximum absolute atomic E-state index is 14.1. The van der Waals surface area contributed by atoms with Crippen LogP contribution in [-0.4, -0.2) is 81.6 Å². The second-order valence-electron chi connectivity index (χ2n) is 14.0. The molecule has 286 valence electrons. The van der Waals surface area contributed by atoms with Gasteiger partial charge in [0.15, 0.2) is 0 Å². The van der Waals surface area contributed by atoms with Crippen molar-refractivity contribution < 1.29 is 27.4 Å². The minimum atomic E-state index is -3.87. The Morgan fingerprint density at radius 2 is 1.80 bits per heavy atom. The maximum atomic E-state index is 14.1. The molecule has 0 unspecified atom stereocenters. The van der Waals surface area contributed by atoms with Gasteiger partial charge >= 0.3 is 6.01 Å². The van der Waals surface area contributed by atoms with Crippen molar-refractivity contribution in [1.82, 2.24) is 34.6 Å². The number of para-hydroxylation sites is 1. The van der Waals surface area contributed by atoms with Gasteiger partial charge in [-0.15, -0.1) is 5.10 Å². The molecule has 0 aliphatic carbocycles. The predicted octanol–water partition coefficient (Wildman–Crippen LogP) is 5.98. The Hall–Kier alpha value is -4.92. The highest BCUT2D eigenvalue weighted by molar-refractivity contribution is 7.89. The number of aryl methyl sites for hydroxylation is 3. The standard InChI is InChI=1S/C40H49N7O6S/c1-8-31-25-46(54(49,50)35-14-12-11-13-34(35)53-31)24-29-21-28(16-15-26(29)4)36(32-17-18-33-37(27(32)5)44-45-47(33)9-2)40(6,7)43-38(48)30-22-41-39(42-23-30)52-20-19-51-10-3/h11-18,21-23,31,36H,8-10,19-20,24-25H2,1-7H3,(H,43,48)/t31-,36+/m1/s1. The molecule has 2 atom stereocenters. The third-order valence-electron chi connectivity index (χ3n) is 9.98. The van der Waals surface area contributed by atoms with E-state index in [1.807, 2.05) is 71.3 Å². The number of amides is 1. The Labute approximate surface area is 317 Å². The van der Waals surface area contributed by atoms with Crippen molar-refractivity contribution >= 4 is 27.0 Å². The molecule has 5 aromatic rings. The summed E-state index contributed by atoms with van der Waals surface area (Å²) in [5.41, 5.74) is 5.68. The lowest BCUT2D eigenvalue weighted by Crippen LogP contribution is -2.48. The maximum Gasteiger partial charge on any atom is 0.316 e. The number of nitrogens with zero attached hydrogens (tertiary/aromatic N) is 6. The summed E-state index contributed by atoms with van der Waals surface area (Å²) >= 11 is 0. The second-order valence-corrected chi connectivity index (χ2v) is 15.9. The van der Waals surface area contributed by atoms with Gasteiger partial charge in [0.1, 0.15) is 28.9 Å². The van der Waals surface area contributed by atoms with Crippen LogP contribution in [0, 0.1) is 13.8 Å². The quantitative estimate of drug-likeness (QED) is 0.134. The average molecular weight is 756 g/mol. The first-order chi connectivity index (χ1) is 25.9. The lowest BCUT2D eigenvalue weighted by molar-refractivity contribution is 0.0903. The van der Waals surface area contributed by atoms with Crippen LogP contribution in [0.4, 0.5) is 0 Å². The molecule has 1 N–H and O–H groups in total. The molecule has 0 saturated heterocycles. The molecule has 1 aliphatic rings. The molecule has 3 heterocycles. The highest BCUT2D eigenvalue weighted by Crippen LogP contribution is 2.40. The number of ether oxygens (including phenoxy) is 3. The summed E-state index contributed by atoms with van der Waals surface area (Å²) < 4.78 is 48.6. The van der Waals surface area contributed by atoms with E-state index in [1.54, 1.807) is 24.3 Å². The van der Waals surface area contributed by atoms with Gasteiger partial charge in [-0.1, -0.05) is 48.5 Å². The molecule has 3 aromatic carbocycles. The highest BCUT2D eigenvalue weighted by Gasteiger charge is 2.38. The van der Waals surface area contributed by atoms with E-state index in [4.69, 9.17) is 14.2 Å². The van der Waals surface area contributed by atoms with Gasteiger partial charge in [-0.25, -0.2) is 23.1 Å². The molecule has 6 rings (SSSR count). The van der Waals surface area contributed by atoms with Crippen LogP contribution in [-0.2, 0) is 27.8 Å². The molecule has 0 radical (unpaired) electrons. The molecule has 2 aromatic heterocycles. The number of hydrogen-bond donors (Lipinski definition) is 1. The first kappa shape index (κ1) is 38.8. The molecular weight excluding hydrogens is 707 g/mol. The molecule has 1 amide bonds. The van der Waals surface area contributed by atoms with Crippen LogP contribution in [0.15, 0.2) is 71.9 Å². The van der Waals surface area contributed by atoms with Gasteiger partial charge in [0.2, 0.25) is 10.0 Å². The van der Waals surface area contributed by atoms with Crippen LogP contribution in [0.2, 0.25) is 0 Å². The van der Waals surface area contributed by atoms with Crippen LogP contribution < -0.4 is 14.8 Å². The predicted molar refractivity (Wildman–Crippen MR) is 205 cm³/mol. The summed E-state index contributed by atoms with van der Waals surface area (Å²) in [4.78, 5) is 22.5. The summed E-state index contributed by atoms with van der Waals surface area (Å²) in [5, 5.41) is 12.2. The van der Waals surface area contributed by atoms with Gasteiger partial charge in [-0.05, 0) is 94.0 Å². The Kier molecular flexibility index (Phi) is 11.6. The number of aromatic nitrogens is 5. The molecule has 0 fully saturated rings. The van der Waals surface area contributed by atoms with E-state index in [-0.39, 0.29) is 41.6 Å². The highest BCUT2D eigenvalue weighted by atomic mass is 32.2. The Balaban J connectivity index is 1.38. The number of benzene rings is 3. The minimum absolute atomic E-state index is 0.148. The van der Waals surface area contributed by atoms with E-state index in [2.05, 4.69) is 37.7 Å². The zero-order valence-electron chi connectivity index (χ0n) is 32.0. The van der Waals surface area contributed by atoms with Gasteiger partial charge in [0.25, 0.3) is 5.91 Å². The summed E-state index contributed by atoms with van der Waals surface area (Å²) in [6.45, 7) is 16.2. The van der Waals surface area contributed by atoms with Crippen molar-refractivity contribution in [3.8, 4) is 11.8 Å². The minimum Gasteiger partial charge on any atom is -0.488 e. The molecule has 0 bridgehead atoms. The van der Waals surface area contributed by atoms with Gasteiger partial charge in [-0.2, -0.15) is 4.31 Å². The lowest BCUT2D eigenvalue weighted by Gasteiger charge is -2.37. The van der Waals surface area contributed by atoms with Gasteiger partial charge in [0, 0.05) is 43.5 Å². The molecule has 0 saturated carbocycles. The Morgan fingerprint density at radius 3 is 2.52 bits per heavy atom. The molecule has 13 nitrogen and oxygen atoms in total.